The van der Waals surface area contributed by atoms with Crippen molar-refractivity contribution in [3.63, 3.8) is 0 Å². The minimum absolute atomic E-state index is 0.0613. The van der Waals surface area contributed by atoms with Gasteiger partial charge in [-0.2, -0.15) is 0 Å². The van der Waals surface area contributed by atoms with Gasteiger partial charge < -0.3 is 19.7 Å². The van der Waals surface area contributed by atoms with E-state index >= 15 is 0 Å². The van der Waals surface area contributed by atoms with Crippen LogP contribution in [0.1, 0.15) is 37.3 Å². The number of carbonyl (C=O) groups excluding carboxylic acids is 2. The van der Waals surface area contributed by atoms with Crippen LogP contribution >= 0.6 is 0 Å². The molecule has 0 aliphatic rings. The Balaban J connectivity index is 2.01. The van der Waals surface area contributed by atoms with Crippen LogP contribution in [0, 0.1) is 6.92 Å². The van der Waals surface area contributed by atoms with Crippen molar-refractivity contribution >= 4 is 11.8 Å². The van der Waals surface area contributed by atoms with E-state index in [1.807, 2.05) is 62.4 Å². The first-order valence-corrected chi connectivity index (χ1v) is 10.3. The zero-order valence-corrected chi connectivity index (χ0v) is 18.3. The first-order chi connectivity index (χ1) is 14.5. The normalized spacial score (nSPS) is 11.5. The lowest BCUT2D eigenvalue weighted by Crippen LogP contribution is -2.48. The number of ether oxygens (including phenoxy) is 2. The first-order valence-electron chi connectivity index (χ1n) is 10.3. The van der Waals surface area contributed by atoms with Crippen LogP contribution in [0.4, 0.5) is 0 Å². The molecule has 0 unspecified atom stereocenters. The molecule has 2 aromatic rings. The topological polar surface area (TPSA) is 67.9 Å². The molecular weight excluding hydrogens is 380 g/mol. The predicted octanol–water partition coefficient (Wildman–Crippen LogP) is 3.72. The summed E-state index contributed by atoms with van der Waals surface area (Å²) < 4.78 is 10.9. The molecule has 0 saturated heterocycles. The highest BCUT2D eigenvalue weighted by atomic mass is 16.5. The van der Waals surface area contributed by atoms with Gasteiger partial charge in [0.05, 0.1) is 13.7 Å². The molecule has 1 atom stereocenters. The quantitative estimate of drug-likeness (QED) is 0.571. The van der Waals surface area contributed by atoms with Crippen LogP contribution < -0.4 is 14.8 Å². The Morgan fingerprint density at radius 3 is 2.23 bits per heavy atom. The fourth-order valence-electron chi connectivity index (χ4n) is 3.21. The molecule has 0 saturated carbocycles. The molecule has 6 nitrogen and oxygen atoms in total. The van der Waals surface area contributed by atoms with Gasteiger partial charge in [0, 0.05) is 20.0 Å². The van der Waals surface area contributed by atoms with Gasteiger partial charge in [0.2, 0.25) is 11.8 Å². The Bertz CT molecular complexity index is 803. The fourth-order valence-corrected chi connectivity index (χ4v) is 3.21. The van der Waals surface area contributed by atoms with Crippen LogP contribution in [-0.4, -0.2) is 43.5 Å². The Labute approximate surface area is 179 Å². The molecular formula is C24H32N2O4. The number of methoxy groups -OCH3 is 1. The summed E-state index contributed by atoms with van der Waals surface area (Å²) in [4.78, 5) is 27.0. The molecule has 1 N–H and O–H groups in total. The molecule has 2 rings (SSSR count). The molecule has 0 aromatic heterocycles. The van der Waals surface area contributed by atoms with E-state index in [0.717, 1.165) is 17.1 Å². The molecule has 0 radical (unpaired) electrons. The summed E-state index contributed by atoms with van der Waals surface area (Å²) in [6.07, 6.45) is 1.44. The van der Waals surface area contributed by atoms with Crippen molar-refractivity contribution in [1.82, 2.24) is 10.2 Å². The molecule has 30 heavy (non-hydrogen) atoms. The summed E-state index contributed by atoms with van der Waals surface area (Å²) in [5.41, 5.74) is 2.12. The Hall–Kier alpha value is -3.02. The highest BCUT2D eigenvalue weighted by Crippen LogP contribution is 2.18. The lowest BCUT2D eigenvalue weighted by molar-refractivity contribution is -0.141. The van der Waals surface area contributed by atoms with Crippen molar-refractivity contribution in [2.24, 2.45) is 0 Å². The van der Waals surface area contributed by atoms with Crippen molar-refractivity contribution in [2.45, 2.75) is 45.7 Å². The molecule has 0 bridgehead atoms. The number of amides is 2. The van der Waals surface area contributed by atoms with Gasteiger partial charge >= 0.3 is 0 Å². The minimum Gasteiger partial charge on any atom is -0.497 e. The molecule has 2 aromatic carbocycles. The second-order valence-corrected chi connectivity index (χ2v) is 7.17. The van der Waals surface area contributed by atoms with Gasteiger partial charge in [-0.3, -0.25) is 9.59 Å². The Kier molecular flexibility index (Phi) is 9.19. The summed E-state index contributed by atoms with van der Waals surface area (Å²) >= 11 is 0. The second kappa shape index (κ2) is 11.9. The SMILES string of the molecule is CC[C@H](C(=O)NC)N(Cc1ccc(OC)cc1)C(=O)CCCOc1ccc(C)cc1. The van der Waals surface area contributed by atoms with Crippen LogP contribution in [0.3, 0.4) is 0 Å². The number of likely N-dealkylation sites (N-methyl/N-ethyl adjacent to an activating group) is 1. The Morgan fingerprint density at radius 2 is 1.67 bits per heavy atom. The minimum atomic E-state index is -0.511. The number of hydrogen-bond acceptors (Lipinski definition) is 4. The van der Waals surface area contributed by atoms with Crippen LogP contribution in [0.5, 0.6) is 11.5 Å². The summed E-state index contributed by atoms with van der Waals surface area (Å²) in [6, 6.07) is 14.9. The fraction of sp³-hybridized carbons (Fsp3) is 0.417. The van der Waals surface area contributed by atoms with E-state index in [4.69, 9.17) is 9.47 Å². The lowest BCUT2D eigenvalue weighted by Gasteiger charge is -2.30. The van der Waals surface area contributed by atoms with E-state index in [9.17, 15) is 9.59 Å². The molecule has 0 fully saturated rings. The third-order valence-corrected chi connectivity index (χ3v) is 4.97. The summed E-state index contributed by atoms with van der Waals surface area (Å²) in [6.45, 7) is 4.75. The first kappa shape index (κ1) is 23.3. The summed E-state index contributed by atoms with van der Waals surface area (Å²) in [5, 5.41) is 2.67. The van der Waals surface area contributed by atoms with E-state index in [0.29, 0.717) is 32.4 Å². The van der Waals surface area contributed by atoms with E-state index < -0.39 is 6.04 Å². The van der Waals surface area contributed by atoms with E-state index in [2.05, 4.69) is 5.32 Å². The maximum absolute atomic E-state index is 13.0. The second-order valence-electron chi connectivity index (χ2n) is 7.17. The number of nitrogens with zero attached hydrogens (tertiary/aromatic N) is 1. The standard InChI is InChI=1S/C24H32N2O4/c1-5-22(24(28)25-3)26(17-19-10-14-20(29-4)15-11-19)23(27)7-6-16-30-21-12-8-18(2)9-13-21/h8-15,22H,5-7,16-17H2,1-4H3,(H,25,28)/t22-/m1/s1. The average molecular weight is 413 g/mol. The zero-order chi connectivity index (χ0) is 21.9. The Morgan fingerprint density at radius 1 is 1.03 bits per heavy atom. The van der Waals surface area contributed by atoms with Gasteiger partial charge in [-0.15, -0.1) is 0 Å². The van der Waals surface area contributed by atoms with Crippen molar-refractivity contribution in [1.29, 1.82) is 0 Å². The molecule has 162 valence electrons. The van der Waals surface area contributed by atoms with Gasteiger partial charge in [0.15, 0.2) is 0 Å². The largest absolute Gasteiger partial charge is 0.497 e. The monoisotopic (exact) mass is 412 g/mol. The van der Waals surface area contributed by atoms with Crippen molar-refractivity contribution in [2.75, 3.05) is 20.8 Å². The van der Waals surface area contributed by atoms with Crippen LogP contribution in [0.25, 0.3) is 0 Å². The lowest BCUT2D eigenvalue weighted by atomic mass is 10.1. The maximum Gasteiger partial charge on any atom is 0.242 e. The number of rotatable bonds is 11. The predicted molar refractivity (Wildman–Crippen MR) is 118 cm³/mol. The number of aryl methyl sites for hydroxylation is 1. The van der Waals surface area contributed by atoms with E-state index in [1.54, 1.807) is 19.1 Å². The van der Waals surface area contributed by atoms with Crippen molar-refractivity contribution < 1.29 is 19.1 Å². The summed E-state index contributed by atoms with van der Waals surface area (Å²) in [7, 11) is 3.21. The van der Waals surface area contributed by atoms with Crippen LogP contribution in [0.2, 0.25) is 0 Å². The number of carbonyl (C=O) groups is 2. The smallest absolute Gasteiger partial charge is 0.242 e. The molecule has 0 spiro atoms. The van der Waals surface area contributed by atoms with Crippen LogP contribution in [-0.2, 0) is 16.1 Å². The number of hydrogen-bond donors (Lipinski definition) is 1. The average Bonchev–Trinajstić information content (AvgIpc) is 2.77. The van der Waals surface area contributed by atoms with Crippen LogP contribution in [0.15, 0.2) is 48.5 Å². The van der Waals surface area contributed by atoms with Crippen molar-refractivity contribution in [3.05, 3.63) is 59.7 Å². The summed E-state index contributed by atoms with van der Waals surface area (Å²) in [5.74, 6) is 1.33. The molecule has 2 amide bonds. The number of benzene rings is 2. The van der Waals surface area contributed by atoms with E-state index in [-0.39, 0.29) is 11.8 Å². The molecule has 0 heterocycles. The third kappa shape index (κ3) is 6.79. The van der Waals surface area contributed by atoms with Gasteiger partial charge in [-0.05, 0) is 49.6 Å². The number of nitrogens with one attached hydrogen (secondary N) is 1. The van der Waals surface area contributed by atoms with E-state index in [1.165, 1.54) is 5.56 Å². The zero-order valence-electron chi connectivity index (χ0n) is 18.3. The van der Waals surface area contributed by atoms with Gasteiger partial charge in [0.1, 0.15) is 17.5 Å². The van der Waals surface area contributed by atoms with Crippen molar-refractivity contribution in [3.8, 4) is 11.5 Å². The molecule has 6 heteroatoms. The highest BCUT2D eigenvalue weighted by Gasteiger charge is 2.27. The molecule has 0 aliphatic heterocycles. The van der Waals surface area contributed by atoms with Gasteiger partial charge in [-0.25, -0.2) is 0 Å². The third-order valence-electron chi connectivity index (χ3n) is 4.97. The maximum atomic E-state index is 13.0. The van der Waals surface area contributed by atoms with Gasteiger partial charge in [-0.1, -0.05) is 36.8 Å². The highest BCUT2D eigenvalue weighted by molar-refractivity contribution is 5.87. The molecule has 0 aliphatic carbocycles. The van der Waals surface area contributed by atoms with Gasteiger partial charge in [0.25, 0.3) is 0 Å².